The van der Waals surface area contributed by atoms with E-state index in [1.165, 1.54) is 0 Å². The predicted molar refractivity (Wildman–Crippen MR) is 107 cm³/mol. The van der Waals surface area contributed by atoms with Crippen LogP contribution in [0.4, 0.5) is 0 Å². The molecule has 0 aliphatic carbocycles. The number of ether oxygens (including phenoxy) is 3. The summed E-state index contributed by atoms with van der Waals surface area (Å²) in [7, 11) is 3.12. The number of hydrogen-bond acceptors (Lipinski definition) is 6. The molecule has 2 atom stereocenters. The largest absolute Gasteiger partial charge is 0.493 e. The lowest BCUT2D eigenvalue weighted by Crippen LogP contribution is -2.49. The molecule has 0 saturated carbocycles. The second-order valence-electron chi connectivity index (χ2n) is 6.89. The molecule has 1 saturated heterocycles. The first kappa shape index (κ1) is 21.1. The van der Waals surface area contributed by atoms with Gasteiger partial charge in [-0.15, -0.1) is 0 Å². The summed E-state index contributed by atoms with van der Waals surface area (Å²) in [5, 5.41) is 19.0. The highest BCUT2D eigenvalue weighted by Gasteiger charge is 2.36. The third-order valence-electron chi connectivity index (χ3n) is 5.16. The van der Waals surface area contributed by atoms with Gasteiger partial charge in [-0.3, -0.25) is 4.79 Å². The molecule has 0 aromatic heterocycles. The number of benzene rings is 2. The van der Waals surface area contributed by atoms with Crippen molar-refractivity contribution in [3.63, 3.8) is 0 Å². The molecule has 1 amide bonds. The van der Waals surface area contributed by atoms with Gasteiger partial charge in [-0.2, -0.15) is 0 Å². The van der Waals surface area contributed by atoms with Crippen molar-refractivity contribution in [1.82, 2.24) is 4.90 Å². The monoisotopic (exact) mass is 401 g/mol. The second kappa shape index (κ2) is 9.73. The van der Waals surface area contributed by atoms with E-state index < -0.39 is 12.1 Å². The van der Waals surface area contributed by atoms with Crippen molar-refractivity contribution in [3.8, 4) is 11.5 Å². The Kier molecular flexibility index (Phi) is 7.09. The molecule has 7 heteroatoms. The van der Waals surface area contributed by atoms with Crippen LogP contribution < -0.4 is 9.47 Å². The molecule has 0 bridgehead atoms. The van der Waals surface area contributed by atoms with E-state index >= 15 is 0 Å². The standard InChI is InChI=1S/C22H27NO6/c1-27-18-8-7-17(12-19(18)28-2)22-20(14-25)29-10-9-23(22)21(26)11-15-3-5-16(13-24)6-4-15/h3-8,12,20,22,24-25H,9-11,13-14H2,1-2H3/t20-,22-/m1/s1. The van der Waals surface area contributed by atoms with Gasteiger partial charge >= 0.3 is 0 Å². The summed E-state index contributed by atoms with van der Waals surface area (Å²) >= 11 is 0. The van der Waals surface area contributed by atoms with Crippen molar-refractivity contribution in [2.24, 2.45) is 0 Å². The van der Waals surface area contributed by atoms with Crippen LogP contribution in [-0.4, -0.2) is 61.1 Å². The fourth-order valence-corrected chi connectivity index (χ4v) is 3.64. The van der Waals surface area contributed by atoms with Crippen LogP contribution in [-0.2, 0) is 22.6 Å². The van der Waals surface area contributed by atoms with Gasteiger partial charge in [0.2, 0.25) is 5.91 Å². The Labute approximate surface area is 170 Å². The summed E-state index contributed by atoms with van der Waals surface area (Å²) in [6.07, 6.45) is -0.296. The number of carbonyl (C=O) groups excluding carboxylic acids is 1. The molecule has 1 aliphatic rings. The minimum absolute atomic E-state index is 0.0305. The normalized spacial score (nSPS) is 19.1. The quantitative estimate of drug-likeness (QED) is 0.734. The Bertz CT molecular complexity index is 823. The maximum atomic E-state index is 13.1. The zero-order valence-electron chi connectivity index (χ0n) is 16.7. The number of nitrogens with zero attached hydrogens (tertiary/aromatic N) is 1. The summed E-state index contributed by atoms with van der Waals surface area (Å²) < 4.78 is 16.4. The molecular formula is C22H27NO6. The number of methoxy groups -OCH3 is 2. The third kappa shape index (κ3) is 4.70. The van der Waals surface area contributed by atoms with Crippen LogP contribution in [0.5, 0.6) is 11.5 Å². The number of hydrogen-bond donors (Lipinski definition) is 2. The van der Waals surface area contributed by atoms with Crippen LogP contribution >= 0.6 is 0 Å². The number of rotatable bonds is 7. The molecule has 2 aromatic rings. The van der Waals surface area contributed by atoms with Crippen molar-refractivity contribution >= 4 is 5.91 Å². The smallest absolute Gasteiger partial charge is 0.227 e. The summed E-state index contributed by atoms with van der Waals surface area (Å²) in [6.45, 7) is 0.568. The maximum Gasteiger partial charge on any atom is 0.227 e. The maximum absolute atomic E-state index is 13.1. The van der Waals surface area contributed by atoms with Crippen molar-refractivity contribution in [2.45, 2.75) is 25.2 Å². The molecular weight excluding hydrogens is 374 g/mol. The first-order valence-corrected chi connectivity index (χ1v) is 9.53. The van der Waals surface area contributed by atoms with Gasteiger partial charge in [0, 0.05) is 6.54 Å². The minimum atomic E-state index is -0.525. The summed E-state index contributed by atoms with van der Waals surface area (Å²) in [6, 6.07) is 12.3. The van der Waals surface area contributed by atoms with Crippen molar-refractivity contribution in [2.75, 3.05) is 34.0 Å². The first-order chi connectivity index (χ1) is 14.1. The van der Waals surface area contributed by atoms with Gasteiger partial charge in [-0.1, -0.05) is 30.3 Å². The Morgan fingerprint density at radius 2 is 1.76 bits per heavy atom. The number of morpholine rings is 1. The van der Waals surface area contributed by atoms with Crippen LogP contribution in [0.15, 0.2) is 42.5 Å². The second-order valence-corrected chi connectivity index (χ2v) is 6.89. The van der Waals surface area contributed by atoms with Crippen LogP contribution in [0.1, 0.15) is 22.7 Å². The van der Waals surface area contributed by atoms with Gasteiger partial charge in [0.15, 0.2) is 11.5 Å². The summed E-state index contributed by atoms with van der Waals surface area (Å²) in [4.78, 5) is 14.9. The van der Waals surface area contributed by atoms with E-state index in [0.29, 0.717) is 24.7 Å². The lowest BCUT2D eigenvalue weighted by Gasteiger charge is -2.41. The van der Waals surface area contributed by atoms with Gasteiger partial charge in [0.1, 0.15) is 6.10 Å². The van der Waals surface area contributed by atoms with Crippen LogP contribution in [0.3, 0.4) is 0 Å². The lowest BCUT2D eigenvalue weighted by molar-refractivity contribution is -0.149. The van der Waals surface area contributed by atoms with E-state index in [9.17, 15) is 15.0 Å². The highest BCUT2D eigenvalue weighted by atomic mass is 16.5. The van der Waals surface area contributed by atoms with Crippen molar-refractivity contribution in [1.29, 1.82) is 0 Å². The van der Waals surface area contributed by atoms with E-state index in [-0.39, 0.29) is 25.5 Å². The first-order valence-electron chi connectivity index (χ1n) is 9.53. The predicted octanol–water partition coefficient (Wildman–Crippen LogP) is 1.70. The Hall–Kier alpha value is -2.61. The molecule has 29 heavy (non-hydrogen) atoms. The highest BCUT2D eigenvalue weighted by Crippen LogP contribution is 2.36. The highest BCUT2D eigenvalue weighted by molar-refractivity contribution is 5.79. The van der Waals surface area contributed by atoms with E-state index in [1.54, 1.807) is 25.2 Å². The molecule has 0 radical (unpaired) electrons. The van der Waals surface area contributed by atoms with Crippen molar-refractivity contribution in [3.05, 3.63) is 59.2 Å². The zero-order chi connectivity index (χ0) is 20.8. The van der Waals surface area contributed by atoms with Gasteiger partial charge in [0.25, 0.3) is 0 Å². The number of aliphatic hydroxyl groups is 2. The van der Waals surface area contributed by atoms with Gasteiger partial charge in [-0.05, 0) is 28.8 Å². The van der Waals surface area contributed by atoms with Gasteiger partial charge < -0.3 is 29.3 Å². The fourth-order valence-electron chi connectivity index (χ4n) is 3.64. The Morgan fingerprint density at radius 3 is 2.38 bits per heavy atom. The van der Waals surface area contributed by atoms with Crippen LogP contribution in [0, 0.1) is 0 Å². The number of amides is 1. The summed E-state index contributed by atoms with van der Waals surface area (Å²) in [5.74, 6) is 1.10. The molecule has 1 heterocycles. The molecule has 1 fully saturated rings. The molecule has 7 nitrogen and oxygen atoms in total. The van der Waals surface area contributed by atoms with Crippen LogP contribution in [0.2, 0.25) is 0 Å². The number of carbonyl (C=O) groups is 1. The minimum Gasteiger partial charge on any atom is -0.493 e. The molecule has 2 N–H and O–H groups in total. The zero-order valence-corrected chi connectivity index (χ0v) is 16.7. The third-order valence-corrected chi connectivity index (χ3v) is 5.16. The topological polar surface area (TPSA) is 88.5 Å². The molecule has 1 aliphatic heterocycles. The van der Waals surface area contributed by atoms with E-state index in [4.69, 9.17) is 14.2 Å². The van der Waals surface area contributed by atoms with Crippen molar-refractivity contribution < 1.29 is 29.2 Å². The Morgan fingerprint density at radius 1 is 1.07 bits per heavy atom. The van der Waals surface area contributed by atoms with E-state index in [1.807, 2.05) is 36.4 Å². The lowest BCUT2D eigenvalue weighted by atomic mass is 9.96. The van der Waals surface area contributed by atoms with E-state index in [0.717, 1.165) is 16.7 Å². The van der Waals surface area contributed by atoms with Gasteiger partial charge in [-0.25, -0.2) is 0 Å². The molecule has 3 rings (SSSR count). The summed E-state index contributed by atoms with van der Waals surface area (Å²) in [5.41, 5.74) is 2.48. The molecule has 156 valence electrons. The molecule has 0 spiro atoms. The Balaban J connectivity index is 1.87. The fraction of sp³-hybridized carbons (Fsp3) is 0.409. The van der Waals surface area contributed by atoms with Crippen LogP contribution in [0.25, 0.3) is 0 Å². The average molecular weight is 401 g/mol. The van der Waals surface area contributed by atoms with Gasteiger partial charge in [0.05, 0.1) is 46.5 Å². The SMILES string of the molecule is COc1ccc([C@@H]2[C@@H](CO)OCCN2C(=O)Cc2ccc(CO)cc2)cc1OC. The molecule has 0 unspecified atom stereocenters. The average Bonchev–Trinajstić information content (AvgIpc) is 2.78. The number of aliphatic hydroxyl groups excluding tert-OH is 2. The molecule has 2 aromatic carbocycles. The van der Waals surface area contributed by atoms with E-state index in [2.05, 4.69) is 0 Å².